The van der Waals surface area contributed by atoms with Crippen molar-refractivity contribution in [3.8, 4) is 11.3 Å². The van der Waals surface area contributed by atoms with Crippen molar-refractivity contribution in [3.63, 3.8) is 0 Å². The largest absolute Gasteiger partial charge is 0.451 e. The van der Waals surface area contributed by atoms with E-state index in [1.165, 1.54) is 37.3 Å². The maximum atomic E-state index is 13.0. The molecule has 0 saturated heterocycles. The number of primary amides is 1. The predicted molar refractivity (Wildman–Crippen MR) is 120 cm³/mol. The molecule has 2 amide bonds. The minimum absolute atomic E-state index is 0.0144. The Morgan fingerprint density at radius 3 is 2.41 bits per heavy atom. The van der Waals surface area contributed by atoms with Gasteiger partial charge in [-0.2, -0.15) is 13.2 Å². The van der Waals surface area contributed by atoms with E-state index in [0.717, 1.165) is 17.0 Å². The molecule has 0 aromatic carbocycles. The van der Waals surface area contributed by atoms with Gasteiger partial charge in [0.1, 0.15) is 12.6 Å². The number of hydrogen-bond donors (Lipinski definition) is 2. The fraction of sp³-hybridized carbons (Fsp3) is 0.250. The molecule has 17 heteroatoms. The number of carbonyl (C=O) groups excluding carboxylic acids is 2. The third-order valence-corrected chi connectivity index (χ3v) is 5.26. The van der Waals surface area contributed by atoms with Crippen LogP contribution in [0.5, 0.6) is 0 Å². The number of nitrogens with one attached hydrogen (secondary N) is 1. The van der Waals surface area contributed by atoms with Crippen LogP contribution in [0.15, 0.2) is 40.7 Å². The number of imidazole rings is 1. The lowest BCUT2D eigenvalue weighted by atomic mass is 10.2. The Hall–Kier alpha value is -4.96. The van der Waals surface area contributed by atoms with Crippen LogP contribution in [-0.2, 0) is 29.4 Å². The van der Waals surface area contributed by atoms with E-state index in [4.69, 9.17) is 5.73 Å². The van der Waals surface area contributed by atoms with Gasteiger partial charge in [-0.25, -0.2) is 29.3 Å². The molecule has 4 heterocycles. The van der Waals surface area contributed by atoms with Gasteiger partial charge in [0.25, 0.3) is 5.56 Å². The van der Waals surface area contributed by atoms with Crippen molar-refractivity contribution in [2.45, 2.75) is 25.7 Å². The lowest BCUT2D eigenvalue weighted by Gasteiger charge is -2.15. The summed E-state index contributed by atoms with van der Waals surface area (Å²) in [5.41, 5.74) is 3.56. The van der Waals surface area contributed by atoms with Crippen LogP contribution < -0.4 is 22.3 Å². The summed E-state index contributed by atoms with van der Waals surface area (Å²) in [6.07, 6.45) is 0.778. The number of aryl methyl sites for hydroxylation is 1. The summed E-state index contributed by atoms with van der Waals surface area (Å²) in [7, 11) is 1.34. The SMILES string of the molecule is CC(C(=O)Nc1cncc(-c2cnc(C(F)(F)F)nc2)n1)n1cnc2c1c(=O)n(CC(N)=O)c(=O)n2C. The summed E-state index contributed by atoms with van der Waals surface area (Å²) in [6.45, 7) is 0.781. The molecular formula is C20H17F3N10O4. The maximum absolute atomic E-state index is 13.0. The molecule has 4 rings (SSSR count). The molecule has 4 aromatic heterocycles. The first-order chi connectivity index (χ1) is 17.4. The van der Waals surface area contributed by atoms with Crippen LogP contribution in [0.3, 0.4) is 0 Å². The first-order valence-corrected chi connectivity index (χ1v) is 10.4. The molecule has 192 valence electrons. The summed E-state index contributed by atoms with van der Waals surface area (Å²) in [6, 6.07) is -1.06. The van der Waals surface area contributed by atoms with E-state index < -0.39 is 47.7 Å². The normalized spacial score (nSPS) is 12.5. The molecule has 0 spiro atoms. The molecule has 1 unspecified atom stereocenters. The Kier molecular flexibility index (Phi) is 6.28. The van der Waals surface area contributed by atoms with Crippen LogP contribution >= 0.6 is 0 Å². The number of rotatable bonds is 6. The smallest absolute Gasteiger partial charge is 0.368 e. The molecule has 0 aliphatic carbocycles. The first-order valence-electron chi connectivity index (χ1n) is 10.4. The standard InChI is InChI=1S/C20H17F3N10O4/c1-9(33-8-28-15-14(33)17(36)32(7-12(24)34)19(37)31(15)2)16(35)30-13-6-25-5-11(29-13)10-3-26-18(27-4-10)20(21,22)23/h3-6,8-9H,7H2,1-2H3,(H2,24,34)(H,29,30,35). The van der Waals surface area contributed by atoms with Gasteiger partial charge in [0.15, 0.2) is 17.0 Å². The van der Waals surface area contributed by atoms with Gasteiger partial charge >= 0.3 is 11.9 Å². The Labute approximate surface area is 203 Å². The zero-order valence-electron chi connectivity index (χ0n) is 19.1. The summed E-state index contributed by atoms with van der Waals surface area (Å²) in [5, 5.41) is 2.50. The van der Waals surface area contributed by atoms with Crippen molar-refractivity contribution in [2.75, 3.05) is 5.32 Å². The molecular weight excluding hydrogens is 501 g/mol. The van der Waals surface area contributed by atoms with Crippen molar-refractivity contribution < 1.29 is 22.8 Å². The molecule has 0 saturated carbocycles. The average molecular weight is 518 g/mol. The first kappa shape index (κ1) is 25.1. The summed E-state index contributed by atoms with van der Waals surface area (Å²) in [5.74, 6) is -2.93. The maximum Gasteiger partial charge on any atom is 0.451 e. The molecule has 1 atom stereocenters. The van der Waals surface area contributed by atoms with E-state index >= 15 is 0 Å². The fourth-order valence-corrected chi connectivity index (χ4v) is 3.41. The number of halogens is 3. The van der Waals surface area contributed by atoms with Crippen molar-refractivity contribution in [2.24, 2.45) is 12.8 Å². The van der Waals surface area contributed by atoms with Crippen LogP contribution in [0.4, 0.5) is 19.0 Å². The Bertz CT molecular complexity index is 1640. The van der Waals surface area contributed by atoms with Gasteiger partial charge in [0.05, 0.1) is 24.4 Å². The van der Waals surface area contributed by atoms with Gasteiger partial charge < -0.3 is 15.6 Å². The van der Waals surface area contributed by atoms with E-state index in [-0.39, 0.29) is 28.2 Å². The number of aromatic nitrogens is 8. The van der Waals surface area contributed by atoms with Crippen LogP contribution in [-0.4, -0.2) is 50.4 Å². The zero-order chi connectivity index (χ0) is 27.1. The number of amides is 2. The van der Waals surface area contributed by atoms with Gasteiger partial charge in [0, 0.05) is 25.0 Å². The van der Waals surface area contributed by atoms with Crippen molar-refractivity contribution in [1.82, 2.24) is 38.6 Å². The van der Waals surface area contributed by atoms with Crippen molar-refractivity contribution in [3.05, 3.63) is 57.8 Å². The van der Waals surface area contributed by atoms with Gasteiger partial charge in [-0.05, 0) is 6.92 Å². The molecule has 0 bridgehead atoms. The third kappa shape index (κ3) is 4.78. The monoisotopic (exact) mass is 518 g/mol. The summed E-state index contributed by atoms with van der Waals surface area (Å²) in [4.78, 5) is 68.3. The molecule has 0 fully saturated rings. The van der Waals surface area contributed by atoms with Gasteiger partial charge in [-0.1, -0.05) is 0 Å². The molecule has 3 N–H and O–H groups in total. The second-order valence-corrected chi connectivity index (χ2v) is 7.77. The highest BCUT2D eigenvalue weighted by molar-refractivity contribution is 5.93. The van der Waals surface area contributed by atoms with E-state index in [9.17, 15) is 32.3 Å². The number of carbonyl (C=O) groups is 2. The number of alkyl halides is 3. The quantitative estimate of drug-likeness (QED) is 0.350. The van der Waals surface area contributed by atoms with Crippen LogP contribution in [0.2, 0.25) is 0 Å². The number of nitrogens with zero attached hydrogens (tertiary/aromatic N) is 8. The number of fused-ring (bicyclic) bond motifs is 1. The fourth-order valence-electron chi connectivity index (χ4n) is 3.41. The van der Waals surface area contributed by atoms with Gasteiger partial charge in [-0.3, -0.25) is 23.9 Å². The third-order valence-electron chi connectivity index (χ3n) is 5.26. The highest BCUT2D eigenvalue weighted by Crippen LogP contribution is 2.26. The second-order valence-electron chi connectivity index (χ2n) is 7.77. The van der Waals surface area contributed by atoms with E-state index in [0.29, 0.717) is 4.57 Å². The minimum atomic E-state index is -4.71. The number of nitrogens with two attached hydrogens (primary N) is 1. The molecule has 4 aromatic rings. The van der Waals surface area contributed by atoms with Crippen molar-refractivity contribution >= 4 is 28.8 Å². The van der Waals surface area contributed by atoms with E-state index in [1.54, 1.807) is 0 Å². The van der Waals surface area contributed by atoms with Crippen molar-refractivity contribution in [1.29, 1.82) is 0 Å². The molecule has 0 radical (unpaired) electrons. The highest BCUT2D eigenvalue weighted by atomic mass is 19.4. The second kappa shape index (κ2) is 9.25. The summed E-state index contributed by atoms with van der Waals surface area (Å²) < 4.78 is 41.0. The minimum Gasteiger partial charge on any atom is -0.368 e. The van der Waals surface area contributed by atoms with E-state index in [2.05, 4.69) is 30.2 Å². The Balaban J connectivity index is 1.63. The molecule has 37 heavy (non-hydrogen) atoms. The Morgan fingerprint density at radius 1 is 1.11 bits per heavy atom. The predicted octanol–water partition coefficient (Wildman–Crippen LogP) is -0.153. The van der Waals surface area contributed by atoms with Crippen LogP contribution in [0.1, 0.15) is 18.8 Å². The zero-order valence-corrected chi connectivity index (χ0v) is 19.1. The summed E-state index contributed by atoms with van der Waals surface area (Å²) >= 11 is 0. The van der Waals surface area contributed by atoms with Crippen LogP contribution in [0.25, 0.3) is 22.4 Å². The topological polar surface area (TPSA) is 186 Å². The molecule has 14 nitrogen and oxygen atoms in total. The Morgan fingerprint density at radius 2 is 1.78 bits per heavy atom. The number of anilines is 1. The van der Waals surface area contributed by atoms with Gasteiger partial charge in [-0.15, -0.1) is 0 Å². The lowest BCUT2D eigenvalue weighted by molar-refractivity contribution is -0.145. The molecule has 0 aliphatic rings. The van der Waals surface area contributed by atoms with Gasteiger partial charge in [0.2, 0.25) is 17.6 Å². The van der Waals surface area contributed by atoms with E-state index in [1.807, 2.05) is 0 Å². The lowest BCUT2D eigenvalue weighted by Crippen LogP contribution is -2.42. The number of hydrogen-bond acceptors (Lipinski definition) is 9. The average Bonchev–Trinajstić information content (AvgIpc) is 3.30. The van der Waals surface area contributed by atoms with Crippen LogP contribution in [0, 0.1) is 0 Å². The highest BCUT2D eigenvalue weighted by Gasteiger charge is 2.34. The molecule has 0 aliphatic heterocycles.